The van der Waals surface area contributed by atoms with E-state index in [4.69, 9.17) is 4.74 Å². The lowest BCUT2D eigenvalue weighted by atomic mass is 9.93. The minimum atomic E-state index is 0.854. The number of hydrogen-bond donors (Lipinski definition) is 1. The maximum Gasteiger partial charge on any atom is 0.119 e. The minimum absolute atomic E-state index is 0.854. The first-order valence-corrected chi connectivity index (χ1v) is 6.75. The number of rotatable bonds is 5. The highest BCUT2D eigenvalue weighted by Gasteiger charge is 2.12. The van der Waals surface area contributed by atoms with Crippen LogP contribution in [-0.4, -0.2) is 19.7 Å². The number of ether oxygens (including phenoxy) is 1. The van der Waals surface area contributed by atoms with Crippen LogP contribution in [0.15, 0.2) is 24.3 Å². The van der Waals surface area contributed by atoms with Crippen LogP contribution in [-0.2, 0) is 0 Å². The van der Waals surface area contributed by atoms with Gasteiger partial charge in [-0.3, -0.25) is 0 Å². The molecule has 1 aromatic rings. The first-order valence-electron chi connectivity index (χ1n) is 6.75. The Balaban J connectivity index is 1.60. The molecule has 2 rings (SSSR count). The monoisotopic (exact) mass is 233 g/mol. The molecule has 1 saturated heterocycles. The van der Waals surface area contributed by atoms with Gasteiger partial charge in [0.2, 0.25) is 0 Å². The molecule has 0 bridgehead atoms. The van der Waals surface area contributed by atoms with Crippen molar-refractivity contribution >= 4 is 0 Å². The molecule has 2 nitrogen and oxygen atoms in total. The van der Waals surface area contributed by atoms with Gasteiger partial charge in [0.05, 0.1) is 6.61 Å². The van der Waals surface area contributed by atoms with Crippen LogP contribution in [0, 0.1) is 12.8 Å². The van der Waals surface area contributed by atoms with E-state index in [-0.39, 0.29) is 0 Å². The smallest absolute Gasteiger partial charge is 0.119 e. The van der Waals surface area contributed by atoms with Gasteiger partial charge in [-0.2, -0.15) is 0 Å². The van der Waals surface area contributed by atoms with Gasteiger partial charge in [0.1, 0.15) is 5.75 Å². The lowest BCUT2D eigenvalue weighted by Gasteiger charge is -2.22. The Bertz CT molecular complexity index is 314. The van der Waals surface area contributed by atoms with Gasteiger partial charge in [-0.15, -0.1) is 0 Å². The average Bonchev–Trinajstić information content (AvgIpc) is 2.38. The Hall–Kier alpha value is -1.02. The van der Waals surface area contributed by atoms with Gasteiger partial charge in [-0.05, 0) is 63.7 Å². The lowest BCUT2D eigenvalue weighted by Crippen LogP contribution is -2.27. The molecule has 0 spiro atoms. The minimum Gasteiger partial charge on any atom is -0.494 e. The Morgan fingerprint density at radius 2 is 1.88 bits per heavy atom. The molecule has 17 heavy (non-hydrogen) atoms. The van der Waals surface area contributed by atoms with E-state index in [0.717, 1.165) is 18.3 Å². The second-order valence-corrected chi connectivity index (χ2v) is 5.00. The fourth-order valence-electron chi connectivity index (χ4n) is 2.37. The quantitative estimate of drug-likeness (QED) is 0.789. The van der Waals surface area contributed by atoms with Crippen LogP contribution in [0.4, 0.5) is 0 Å². The Morgan fingerprint density at radius 1 is 1.18 bits per heavy atom. The fraction of sp³-hybridized carbons (Fsp3) is 0.600. The highest BCUT2D eigenvalue weighted by molar-refractivity contribution is 5.26. The van der Waals surface area contributed by atoms with E-state index in [1.54, 1.807) is 0 Å². The molecule has 0 radical (unpaired) electrons. The highest BCUT2D eigenvalue weighted by atomic mass is 16.5. The normalized spacial score (nSPS) is 17.0. The molecule has 1 aliphatic heterocycles. The largest absolute Gasteiger partial charge is 0.494 e. The number of nitrogens with one attached hydrogen (secondary N) is 1. The third-order valence-electron chi connectivity index (χ3n) is 3.51. The fourth-order valence-corrected chi connectivity index (χ4v) is 2.37. The van der Waals surface area contributed by atoms with Gasteiger partial charge < -0.3 is 10.1 Å². The molecule has 0 unspecified atom stereocenters. The Labute approximate surface area is 104 Å². The van der Waals surface area contributed by atoms with E-state index in [2.05, 4.69) is 36.5 Å². The second-order valence-electron chi connectivity index (χ2n) is 5.00. The number of aryl methyl sites for hydroxylation is 1. The number of piperidine rings is 1. The lowest BCUT2D eigenvalue weighted by molar-refractivity contribution is 0.274. The summed E-state index contributed by atoms with van der Waals surface area (Å²) in [6.07, 6.45) is 5.17. The third kappa shape index (κ3) is 4.39. The summed E-state index contributed by atoms with van der Waals surface area (Å²) in [5.74, 6) is 1.92. The standard InChI is InChI=1S/C15H23NO/c1-13-4-6-15(7-5-13)17-12-2-3-14-8-10-16-11-9-14/h4-7,14,16H,2-3,8-12H2,1H3. The first kappa shape index (κ1) is 12.4. The maximum atomic E-state index is 5.74. The van der Waals surface area contributed by atoms with Crippen LogP contribution >= 0.6 is 0 Å². The van der Waals surface area contributed by atoms with Crippen LogP contribution in [0.5, 0.6) is 5.75 Å². The summed E-state index contributed by atoms with van der Waals surface area (Å²) in [4.78, 5) is 0. The van der Waals surface area contributed by atoms with Gasteiger partial charge in [0, 0.05) is 0 Å². The van der Waals surface area contributed by atoms with Gasteiger partial charge >= 0.3 is 0 Å². The number of benzene rings is 1. The molecule has 0 atom stereocenters. The van der Waals surface area contributed by atoms with Crippen molar-refractivity contribution in [3.63, 3.8) is 0 Å². The van der Waals surface area contributed by atoms with Crippen molar-refractivity contribution in [2.45, 2.75) is 32.6 Å². The summed E-state index contributed by atoms with van der Waals surface area (Å²) in [6.45, 7) is 5.35. The second kappa shape index (κ2) is 6.65. The number of hydrogen-bond acceptors (Lipinski definition) is 2. The summed E-state index contributed by atoms with van der Waals surface area (Å²) >= 11 is 0. The van der Waals surface area contributed by atoms with Crippen molar-refractivity contribution in [3.8, 4) is 5.75 Å². The maximum absolute atomic E-state index is 5.74. The molecule has 1 aromatic carbocycles. The van der Waals surface area contributed by atoms with Crippen LogP contribution in [0.25, 0.3) is 0 Å². The van der Waals surface area contributed by atoms with Crippen LogP contribution in [0.3, 0.4) is 0 Å². The summed E-state index contributed by atoms with van der Waals surface area (Å²) in [5.41, 5.74) is 1.28. The first-order chi connectivity index (χ1) is 8.34. The summed E-state index contributed by atoms with van der Waals surface area (Å²) in [7, 11) is 0. The summed E-state index contributed by atoms with van der Waals surface area (Å²) < 4.78 is 5.74. The van der Waals surface area contributed by atoms with Gasteiger partial charge in [0.25, 0.3) is 0 Å². The van der Waals surface area contributed by atoms with Crippen LogP contribution in [0.1, 0.15) is 31.2 Å². The van der Waals surface area contributed by atoms with E-state index < -0.39 is 0 Å². The molecule has 0 aliphatic carbocycles. The zero-order valence-electron chi connectivity index (χ0n) is 10.7. The van der Waals surface area contributed by atoms with Crippen molar-refractivity contribution in [1.82, 2.24) is 5.32 Å². The molecule has 0 saturated carbocycles. The van der Waals surface area contributed by atoms with Crippen LogP contribution < -0.4 is 10.1 Å². The summed E-state index contributed by atoms with van der Waals surface area (Å²) in [6, 6.07) is 8.31. The van der Waals surface area contributed by atoms with E-state index in [0.29, 0.717) is 0 Å². The van der Waals surface area contributed by atoms with Crippen molar-refractivity contribution in [2.75, 3.05) is 19.7 Å². The van der Waals surface area contributed by atoms with Crippen molar-refractivity contribution in [1.29, 1.82) is 0 Å². The van der Waals surface area contributed by atoms with Gasteiger partial charge in [-0.25, -0.2) is 0 Å². The van der Waals surface area contributed by atoms with Gasteiger partial charge in [-0.1, -0.05) is 17.7 Å². The zero-order chi connectivity index (χ0) is 11.9. The van der Waals surface area contributed by atoms with Crippen LogP contribution in [0.2, 0.25) is 0 Å². The Kier molecular flexibility index (Phi) is 4.87. The molecule has 94 valence electrons. The molecular formula is C15H23NO. The van der Waals surface area contributed by atoms with E-state index in [9.17, 15) is 0 Å². The highest BCUT2D eigenvalue weighted by Crippen LogP contribution is 2.18. The molecule has 0 amide bonds. The topological polar surface area (TPSA) is 21.3 Å². The SMILES string of the molecule is Cc1ccc(OCCCC2CCNCC2)cc1. The Morgan fingerprint density at radius 3 is 2.59 bits per heavy atom. The van der Waals surface area contributed by atoms with E-state index >= 15 is 0 Å². The van der Waals surface area contributed by atoms with Gasteiger partial charge in [0.15, 0.2) is 0 Å². The third-order valence-corrected chi connectivity index (χ3v) is 3.51. The van der Waals surface area contributed by atoms with Crippen molar-refractivity contribution < 1.29 is 4.74 Å². The van der Waals surface area contributed by atoms with E-state index in [1.165, 1.54) is 44.3 Å². The molecule has 1 fully saturated rings. The predicted molar refractivity (Wildman–Crippen MR) is 71.5 cm³/mol. The van der Waals surface area contributed by atoms with Crippen molar-refractivity contribution in [2.24, 2.45) is 5.92 Å². The molecule has 1 aliphatic rings. The summed E-state index contributed by atoms with van der Waals surface area (Å²) in [5, 5.41) is 3.40. The molecule has 1 N–H and O–H groups in total. The molecule has 0 aromatic heterocycles. The van der Waals surface area contributed by atoms with E-state index in [1.807, 2.05) is 0 Å². The molecule has 2 heteroatoms. The average molecular weight is 233 g/mol. The predicted octanol–water partition coefficient (Wildman–Crippen LogP) is 3.15. The zero-order valence-corrected chi connectivity index (χ0v) is 10.7. The molecular weight excluding hydrogens is 210 g/mol. The van der Waals surface area contributed by atoms with Crippen molar-refractivity contribution in [3.05, 3.63) is 29.8 Å². The molecule has 1 heterocycles.